The van der Waals surface area contributed by atoms with Crippen LogP contribution in [-0.4, -0.2) is 61.5 Å². The minimum absolute atomic E-state index is 0.000843. The average Bonchev–Trinajstić information content (AvgIpc) is 3.40. The second kappa shape index (κ2) is 10.3. The van der Waals surface area contributed by atoms with Crippen LogP contribution in [0.3, 0.4) is 0 Å². The summed E-state index contributed by atoms with van der Waals surface area (Å²) >= 11 is 0. The van der Waals surface area contributed by atoms with Crippen LogP contribution in [-0.2, 0) is 9.59 Å². The fourth-order valence-electron chi connectivity index (χ4n) is 5.97. The average molecular weight is 405 g/mol. The third-order valence-corrected chi connectivity index (χ3v) is 7.77. The highest BCUT2D eigenvalue weighted by Gasteiger charge is 2.38. The lowest BCUT2D eigenvalue weighted by atomic mass is 9.88. The van der Waals surface area contributed by atoms with Crippen LogP contribution >= 0.6 is 0 Å². The van der Waals surface area contributed by atoms with Gasteiger partial charge in [0, 0.05) is 31.6 Å². The number of amides is 2. The van der Waals surface area contributed by atoms with Crippen LogP contribution in [0.25, 0.3) is 0 Å². The number of fused-ring (bicyclic) bond motifs is 1. The van der Waals surface area contributed by atoms with Gasteiger partial charge >= 0.3 is 0 Å². The van der Waals surface area contributed by atoms with E-state index in [4.69, 9.17) is 0 Å². The summed E-state index contributed by atoms with van der Waals surface area (Å²) in [6.45, 7) is 4.81. The van der Waals surface area contributed by atoms with Crippen LogP contribution in [0.5, 0.6) is 0 Å². The number of rotatable bonds is 7. The van der Waals surface area contributed by atoms with Crippen molar-refractivity contribution >= 4 is 11.8 Å². The predicted octanol–water partition coefficient (Wildman–Crippen LogP) is 2.04. The van der Waals surface area contributed by atoms with Crippen molar-refractivity contribution < 1.29 is 9.59 Å². The topological polar surface area (TPSA) is 73.5 Å². The van der Waals surface area contributed by atoms with E-state index in [0.29, 0.717) is 29.7 Å². The van der Waals surface area contributed by atoms with Crippen LogP contribution in [0.1, 0.15) is 70.6 Å². The Balaban J connectivity index is 1.07. The quantitative estimate of drug-likeness (QED) is 0.568. The zero-order chi connectivity index (χ0) is 20.1. The molecule has 0 aromatic carbocycles. The van der Waals surface area contributed by atoms with E-state index in [-0.39, 0.29) is 11.9 Å². The van der Waals surface area contributed by atoms with Crippen molar-refractivity contribution in [1.29, 1.82) is 0 Å². The molecule has 0 aromatic heterocycles. The molecule has 1 saturated carbocycles. The van der Waals surface area contributed by atoms with E-state index < -0.39 is 0 Å². The first-order valence-electron chi connectivity index (χ1n) is 12.2. The second-order valence-corrected chi connectivity index (χ2v) is 9.88. The summed E-state index contributed by atoms with van der Waals surface area (Å²) in [5.41, 5.74) is 0. The van der Waals surface area contributed by atoms with E-state index in [0.717, 1.165) is 77.7 Å². The van der Waals surface area contributed by atoms with Crippen molar-refractivity contribution in [3.8, 4) is 0 Å². The van der Waals surface area contributed by atoms with Crippen molar-refractivity contribution in [2.45, 2.75) is 82.7 Å². The molecule has 0 aromatic rings. The maximum absolute atomic E-state index is 12.7. The molecule has 0 spiro atoms. The smallest absolute Gasteiger partial charge is 0.237 e. The molecule has 3 heterocycles. The highest BCUT2D eigenvalue weighted by atomic mass is 16.2. The zero-order valence-corrected chi connectivity index (χ0v) is 18.0. The van der Waals surface area contributed by atoms with Gasteiger partial charge in [0.15, 0.2) is 0 Å². The molecule has 6 heteroatoms. The number of hydrogen-bond donors (Lipinski definition) is 3. The number of unbranched alkanes of at least 4 members (excludes halogenated alkanes) is 1. The van der Waals surface area contributed by atoms with Crippen molar-refractivity contribution in [2.24, 2.45) is 17.8 Å². The summed E-state index contributed by atoms with van der Waals surface area (Å²) in [6.07, 6.45) is 12.6. The van der Waals surface area contributed by atoms with E-state index in [9.17, 15) is 9.59 Å². The van der Waals surface area contributed by atoms with E-state index in [1.165, 1.54) is 25.7 Å². The summed E-state index contributed by atoms with van der Waals surface area (Å²) < 4.78 is 0. The molecule has 4 rings (SSSR count). The predicted molar refractivity (Wildman–Crippen MR) is 114 cm³/mol. The molecule has 29 heavy (non-hydrogen) atoms. The van der Waals surface area contributed by atoms with Crippen LogP contribution in [0.2, 0.25) is 0 Å². The fraction of sp³-hybridized carbons (Fsp3) is 0.913. The number of nitrogens with one attached hydrogen (secondary N) is 3. The Labute approximate surface area is 175 Å². The van der Waals surface area contributed by atoms with Crippen molar-refractivity contribution in [3.63, 3.8) is 0 Å². The van der Waals surface area contributed by atoms with Crippen LogP contribution in [0, 0.1) is 17.8 Å². The van der Waals surface area contributed by atoms with Crippen molar-refractivity contribution in [3.05, 3.63) is 0 Å². The SMILES string of the molecule is O=C(NCCCCC1CCN(C(=O)C2CCCCC2)C1)C1CC2CNCCC2N1. The summed E-state index contributed by atoms with van der Waals surface area (Å²) in [5.74, 6) is 2.19. The van der Waals surface area contributed by atoms with E-state index in [1.807, 2.05) is 0 Å². The molecule has 0 radical (unpaired) electrons. The van der Waals surface area contributed by atoms with Gasteiger partial charge in [-0.3, -0.25) is 9.59 Å². The number of carbonyl (C=O) groups is 2. The molecule has 3 saturated heterocycles. The first kappa shape index (κ1) is 21.1. The Morgan fingerprint density at radius 1 is 1.03 bits per heavy atom. The minimum atomic E-state index is -0.000843. The van der Waals surface area contributed by atoms with Gasteiger partial charge < -0.3 is 20.9 Å². The number of piperidine rings is 1. The molecule has 4 unspecified atom stereocenters. The first-order chi connectivity index (χ1) is 14.2. The molecule has 4 aliphatic rings. The third-order valence-electron chi connectivity index (χ3n) is 7.77. The molecule has 3 N–H and O–H groups in total. The van der Waals surface area contributed by atoms with Gasteiger partial charge in [-0.2, -0.15) is 0 Å². The zero-order valence-electron chi connectivity index (χ0n) is 18.0. The molecular formula is C23H40N4O2. The van der Waals surface area contributed by atoms with Gasteiger partial charge in [-0.15, -0.1) is 0 Å². The Hall–Kier alpha value is -1.14. The molecule has 4 fully saturated rings. The highest BCUT2D eigenvalue weighted by Crippen LogP contribution is 2.29. The van der Waals surface area contributed by atoms with Gasteiger partial charge in [0.1, 0.15) is 0 Å². The van der Waals surface area contributed by atoms with E-state index >= 15 is 0 Å². The van der Waals surface area contributed by atoms with Crippen LogP contribution in [0.15, 0.2) is 0 Å². The van der Waals surface area contributed by atoms with Crippen molar-refractivity contribution in [1.82, 2.24) is 20.9 Å². The maximum atomic E-state index is 12.7. The first-order valence-corrected chi connectivity index (χ1v) is 12.2. The lowest BCUT2D eigenvalue weighted by Crippen LogP contribution is -2.45. The van der Waals surface area contributed by atoms with E-state index in [1.54, 1.807) is 0 Å². The van der Waals surface area contributed by atoms with E-state index in [2.05, 4.69) is 20.9 Å². The molecule has 0 bridgehead atoms. The second-order valence-electron chi connectivity index (χ2n) is 9.88. The minimum Gasteiger partial charge on any atom is -0.355 e. The largest absolute Gasteiger partial charge is 0.355 e. The van der Waals surface area contributed by atoms with Crippen LogP contribution in [0.4, 0.5) is 0 Å². The van der Waals surface area contributed by atoms with Gasteiger partial charge in [-0.1, -0.05) is 25.7 Å². The Kier molecular flexibility index (Phi) is 7.46. The van der Waals surface area contributed by atoms with Gasteiger partial charge in [-0.05, 0) is 69.9 Å². The standard InChI is InChI=1S/C23H40N4O2/c28-22(21-14-19-15-24-12-9-20(19)26-21)25-11-5-4-6-17-10-13-27(16-17)23(29)18-7-2-1-3-8-18/h17-21,24,26H,1-16H2,(H,25,28). The van der Waals surface area contributed by atoms with Gasteiger partial charge in [0.05, 0.1) is 6.04 Å². The third kappa shape index (κ3) is 5.52. The fourth-order valence-corrected chi connectivity index (χ4v) is 5.97. The summed E-state index contributed by atoms with van der Waals surface area (Å²) in [4.78, 5) is 27.3. The molecule has 2 amide bonds. The lowest BCUT2D eigenvalue weighted by molar-refractivity contribution is -0.135. The molecule has 164 valence electrons. The summed E-state index contributed by atoms with van der Waals surface area (Å²) in [5, 5.41) is 10.1. The van der Waals surface area contributed by atoms with Crippen molar-refractivity contribution in [2.75, 3.05) is 32.7 Å². The Bertz CT molecular complexity index is 549. The molecule has 4 atom stereocenters. The number of carbonyl (C=O) groups excluding carboxylic acids is 2. The Morgan fingerprint density at radius 2 is 1.90 bits per heavy atom. The highest BCUT2D eigenvalue weighted by molar-refractivity contribution is 5.82. The number of likely N-dealkylation sites (tertiary alicyclic amines) is 1. The number of hydrogen-bond acceptors (Lipinski definition) is 4. The monoisotopic (exact) mass is 404 g/mol. The lowest BCUT2D eigenvalue weighted by Gasteiger charge is -2.26. The molecule has 1 aliphatic carbocycles. The summed E-state index contributed by atoms with van der Waals surface area (Å²) in [6, 6.07) is 0.521. The number of nitrogens with zero attached hydrogens (tertiary/aromatic N) is 1. The maximum Gasteiger partial charge on any atom is 0.237 e. The molecule has 3 aliphatic heterocycles. The van der Waals surface area contributed by atoms with Gasteiger partial charge in [0.25, 0.3) is 0 Å². The normalized spacial score (nSPS) is 32.9. The molecular weight excluding hydrogens is 364 g/mol. The van der Waals surface area contributed by atoms with Crippen LogP contribution < -0.4 is 16.0 Å². The Morgan fingerprint density at radius 3 is 2.72 bits per heavy atom. The molecule has 6 nitrogen and oxygen atoms in total. The van der Waals surface area contributed by atoms with Gasteiger partial charge in [0.2, 0.25) is 11.8 Å². The summed E-state index contributed by atoms with van der Waals surface area (Å²) in [7, 11) is 0. The van der Waals surface area contributed by atoms with Gasteiger partial charge in [-0.25, -0.2) is 0 Å².